The molecule has 2 fully saturated rings. The molecule has 17 rings (SSSR count). The van der Waals surface area contributed by atoms with E-state index in [1.165, 1.54) is 85.4 Å². The summed E-state index contributed by atoms with van der Waals surface area (Å²) in [5.74, 6) is -0.118. The third kappa shape index (κ3) is 28.2. The maximum absolute atomic E-state index is 12.9. The molecule has 0 bridgehead atoms. The van der Waals surface area contributed by atoms with Crippen molar-refractivity contribution in [3.63, 3.8) is 0 Å². The zero-order valence-corrected chi connectivity index (χ0v) is 82.6. The van der Waals surface area contributed by atoms with Gasteiger partial charge in [-0.2, -0.15) is 25.5 Å². The number of carbonyl (C=O) groups is 10. The van der Waals surface area contributed by atoms with Gasteiger partial charge >= 0.3 is 0 Å². The molecule has 0 aliphatic carbocycles. The zero-order chi connectivity index (χ0) is 104. The Hall–Kier alpha value is -17.2. The minimum absolute atomic E-state index is 0.00722. The van der Waals surface area contributed by atoms with Gasteiger partial charge in [0.1, 0.15) is 46.6 Å². The molecule has 38 nitrogen and oxygen atoms in total. The van der Waals surface area contributed by atoms with E-state index < -0.39 is 29.5 Å². The third-order valence-electron chi connectivity index (χ3n) is 22.7. The first-order chi connectivity index (χ1) is 69.4. The van der Waals surface area contributed by atoms with Crippen molar-refractivity contribution in [1.82, 2.24) is 83.6 Å². The Bertz CT molecular complexity index is 7000. The minimum atomic E-state index is -0.419. The molecule has 0 atom stereocenters. The number of amides is 5. The highest BCUT2D eigenvalue weighted by Crippen LogP contribution is 2.26. The fourth-order valence-corrected chi connectivity index (χ4v) is 14.8. The predicted octanol–water partition coefficient (Wildman–Crippen LogP) is 15.5. The highest BCUT2D eigenvalue weighted by atomic mass is 35.5. The van der Waals surface area contributed by atoms with Crippen molar-refractivity contribution >= 4 is 174 Å². The number of aryl methyl sites for hydroxylation is 5. The van der Waals surface area contributed by atoms with Crippen LogP contribution < -0.4 is 32.3 Å². The van der Waals surface area contributed by atoms with Crippen LogP contribution in [-0.2, 0) is 67.3 Å². The molecule has 43 heteroatoms. The van der Waals surface area contributed by atoms with Gasteiger partial charge in [0.05, 0.1) is 144 Å². The first-order valence-electron chi connectivity index (χ1n) is 44.4. The number of benzene rings is 5. The highest BCUT2D eigenvalue weighted by Gasteiger charge is 2.29. The molecule has 5 amide bonds. The number of nitrogens with two attached hydrogens (primary N) is 1. The normalized spacial score (nSPS) is 11.4. The van der Waals surface area contributed by atoms with E-state index >= 15 is 0 Å². The van der Waals surface area contributed by atoms with E-state index in [0.29, 0.717) is 161 Å². The number of hydrogen-bond acceptors (Lipinski definition) is 25. The van der Waals surface area contributed by atoms with Crippen LogP contribution in [0.5, 0.6) is 0 Å². The molecule has 12 heterocycles. The van der Waals surface area contributed by atoms with Crippen LogP contribution >= 0.6 is 58.0 Å². The van der Waals surface area contributed by atoms with Crippen molar-refractivity contribution < 1.29 is 47.9 Å². The number of pyridine rings is 5. The molecule has 2 saturated heterocycles. The fraction of sp³-hybridized carbons (Fsp3) is 0.167. The summed E-state index contributed by atoms with van der Waals surface area (Å²) in [5.41, 5.74) is 16.4. The van der Waals surface area contributed by atoms with Gasteiger partial charge in [-0.3, -0.25) is 87.6 Å². The van der Waals surface area contributed by atoms with Gasteiger partial charge < -0.3 is 52.9 Å². The van der Waals surface area contributed by atoms with E-state index in [0.717, 1.165) is 54.9 Å². The largest absolute Gasteiger partial charge is 0.384 e. The molecule has 5 aromatic carbocycles. The summed E-state index contributed by atoms with van der Waals surface area (Å²) in [6.45, 7) is 6.97. The van der Waals surface area contributed by atoms with Crippen LogP contribution in [-0.4, -0.2) is 197 Å². The average Bonchev–Trinajstić information content (AvgIpc) is 1.74. The summed E-state index contributed by atoms with van der Waals surface area (Å²) < 4.78 is 7.56. The number of ketones is 5. The lowest BCUT2D eigenvalue weighted by atomic mass is 10.0. The molecule has 736 valence electrons. The van der Waals surface area contributed by atoms with E-state index in [1.807, 2.05) is 9.80 Å². The molecule has 0 spiro atoms. The van der Waals surface area contributed by atoms with E-state index in [9.17, 15) is 47.9 Å². The van der Waals surface area contributed by atoms with Crippen LogP contribution in [0.25, 0.3) is 0 Å². The predicted molar refractivity (Wildman–Crippen MR) is 552 cm³/mol. The lowest BCUT2D eigenvalue weighted by Gasteiger charge is -2.33. The van der Waals surface area contributed by atoms with Crippen LogP contribution in [0.3, 0.4) is 0 Å². The van der Waals surface area contributed by atoms with Crippen molar-refractivity contribution in [3.8, 4) is 0 Å². The molecule has 10 aromatic heterocycles. The number of likely N-dealkylation sites (tertiary alicyclic amines) is 1. The third-order valence-corrected chi connectivity index (χ3v) is 23.8. The molecule has 0 saturated carbocycles. The quantitative estimate of drug-likeness (QED) is 0.00862. The van der Waals surface area contributed by atoms with Crippen LogP contribution in [0.15, 0.2) is 244 Å². The average molecular weight is 2050 g/mol. The number of nitrogens with one attached hydrogen (secondary N) is 10. The minimum Gasteiger partial charge on any atom is -0.384 e. The number of halogens is 5. The number of rotatable bonds is 30. The molecule has 145 heavy (non-hydrogen) atoms. The molecular weight excluding hydrogens is 1950 g/mol. The molecule has 12 N–H and O–H groups in total. The van der Waals surface area contributed by atoms with Gasteiger partial charge in [0.25, 0.3) is 29.5 Å². The van der Waals surface area contributed by atoms with Crippen LogP contribution in [0.4, 0.5) is 29.1 Å². The van der Waals surface area contributed by atoms with Gasteiger partial charge in [0, 0.05) is 148 Å². The van der Waals surface area contributed by atoms with Crippen molar-refractivity contribution in [2.45, 2.75) is 52.4 Å². The van der Waals surface area contributed by atoms with Crippen molar-refractivity contribution in [1.29, 1.82) is 27.0 Å². The maximum atomic E-state index is 12.9. The second kappa shape index (κ2) is 48.3. The van der Waals surface area contributed by atoms with Gasteiger partial charge in [-0.15, -0.1) is 0 Å². The summed E-state index contributed by atoms with van der Waals surface area (Å²) in [7, 11) is 8.41. The summed E-state index contributed by atoms with van der Waals surface area (Å²) in [4.78, 5) is 151. The Kier molecular flexibility index (Phi) is 35.0. The smallest absolute Gasteiger partial charge is 0.260 e. The van der Waals surface area contributed by atoms with Crippen molar-refractivity contribution in [2.24, 2.45) is 41.0 Å². The summed E-state index contributed by atoms with van der Waals surface area (Å²) in [5, 5.41) is 75.2. The Morgan fingerprint density at radius 3 is 0.621 bits per heavy atom. The molecular formula is C102H93Cl5N28O10. The summed E-state index contributed by atoms with van der Waals surface area (Å²) >= 11 is 29.0. The van der Waals surface area contributed by atoms with Gasteiger partial charge in [0.2, 0.25) is 0 Å². The van der Waals surface area contributed by atoms with Crippen molar-refractivity contribution in [2.75, 3.05) is 52.8 Å². The van der Waals surface area contributed by atoms with E-state index in [-0.39, 0.29) is 72.4 Å². The fourth-order valence-electron chi connectivity index (χ4n) is 14.2. The summed E-state index contributed by atoms with van der Waals surface area (Å²) in [6, 6.07) is 50.2. The molecule has 2 aliphatic heterocycles. The summed E-state index contributed by atoms with van der Waals surface area (Å²) in [6.07, 6.45) is 15.5. The Balaban J connectivity index is 0.000000152. The standard InChI is InChI=1S/C22H21ClN6O2.C21H19ClN6O2.2C20H18ClN5O2.C19H17ClN6O2/c1-28-18(17(13-26-28)22(31)27-20-8-7-16(23)12-25-20)11-19(30)14-3-5-15(6-4-14)21(24)29-9-2-10-29;1-27-17(16(12-25-27)21(30)26-19-7-6-15(22)11-24-19)10-18(29)13-2-4-14(5-3-13)20(23)28-8-9-28;2*1-12(22)13-3-5-14(6-4-13)18(27)9-17-16(11-24-26(17)2)20(28)25-19-8-7-15(21)10-23-19;1-26-15(8-16(27)11-2-4-12(5-3-11)18(21)22)14(10-24-26)19(28)25-17-7-6-13(20)9-23-17/h3-8,12-13,24H,2,9-11H2,1H3,(H,25,27,31);2-7,11-12,23H,8-10H2,1H3,(H,24,26,30);2*3-8,10-11,22H,9H2,1-2H3,(H,23,25,28);2-7,9-10H,8H2,1H3,(H3,21,22)(H,23,25,28). The lowest BCUT2D eigenvalue weighted by Crippen LogP contribution is -2.42. The second-order valence-corrected chi connectivity index (χ2v) is 35.0. The topological polar surface area (TPSA) is 536 Å². The second-order valence-electron chi connectivity index (χ2n) is 32.8. The molecule has 2 aliphatic rings. The molecule has 15 aromatic rings. The monoisotopic (exact) mass is 2040 g/mol. The lowest BCUT2D eigenvalue weighted by molar-refractivity contribution is 0.0978. The van der Waals surface area contributed by atoms with E-state index in [4.69, 9.17) is 90.8 Å². The number of nitrogen functional groups attached to an aromatic ring is 1. The van der Waals surface area contributed by atoms with Crippen LogP contribution in [0.2, 0.25) is 25.1 Å². The molecule has 0 radical (unpaired) electrons. The number of aromatic nitrogens is 15. The van der Waals surface area contributed by atoms with Gasteiger partial charge in [0.15, 0.2) is 28.9 Å². The van der Waals surface area contributed by atoms with Gasteiger partial charge in [-0.05, 0) is 92.1 Å². The number of Topliss-reactive ketones (excluding diaryl/α,β-unsaturated/α-hetero) is 5. The Labute approximate surface area is 854 Å². The number of carbonyl (C=O) groups excluding carboxylic acids is 10. The SMILES string of the molecule is CC(=N)c1ccc(C(=O)Cc2c(C(=O)Nc3ccc(Cl)cn3)cnn2C)cc1.CC(=N)c1ccc(C(=O)Cc2c(C(=O)Nc3ccc(Cl)cn3)cnn2C)cc1.Cn1ncc(C(=O)Nc2ccc(Cl)cn2)c1CC(=O)c1ccc(C(=N)N)cc1.Cn1ncc(C(=O)Nc2ccc(Cl)cn2)c1CC(=O)c1ccc(C(=N)N2CC2)cc1.Cn1ncc(C(=O)Nc2ccc(Cl)cn2)c1CC(=O)c1ccc(C(=N)N2CCC2)cc1. The number of amidine groups is 3. The molecule has 0 unspecified atom stereocenters. The Morgan fingerprint density at radius 2 is 0.455 bits per heavy atom. The highest BCUT2D eigenvalue weighted by molar-refractivity contribution is 6.32. The van der Waals surface area contributed by atoms with E-state index in [2.05, 4.69) is 77.0 Å². The van der Waals surface area contributed by atoms with E-state index in [1.54, 1.807) is 231 Å². The first kappa shape index (κ1) is 105. The van der Waals surface area contributed by atoms with Gasteiger partial charge in [-0.1, -0.05) is 179 Å². The van der Waals surface area contributed by atoms with Crippen LogP contribution in [0, 0.1) is 27.0 Å². The number of anilines is 5. The number of hydrogen-bond donors (Lipinski definition) is 11. The zero-order valence-electron chi connectivity index (χ0n) is 78.8. The van der Waals surface area contributed by atoms with Crippen molar-refractivity contribution in [3.05, 3.63) is 381 Å². The maximum Gasteiger partial charge on any atom is 0.260 e. The first-order valence-corrected chi connectivity index (χ1v) is 46.3. The Morgan fingerprint density at radius 1 is 0.269 bits per heavy atom. The number of nitrogens with zero attached hydrogens (tertiary/aromatic N) is 17. The van der Waals surface area contributed by atoms with Gasteiger partial charge in [-0.25, -0.2) is 24.9 Å². The van der Waals surface area contributed by atoms with Crippen LogP contribution in [0.1, 0.15) is 180 Å².